The van der Waals surface area contributed by atoms with Gasteiger partial charge in [0.05, 0.1) is 18.1 Å². The van der Waals surface area contributed by atoms with Gasteiger partial charge in [-0.05, 0) is 12.1 Å². The fraction of sp³-hybridized carbons (Fsp3) is 0. The van der Waals surface area contributed by atoms with E-state index in [0.29, 0.717) is 11.3 Å². The van der Waals surface area contributed by atoms with Crippen LogP contribution in [0.1, 0.15) is 10.4 Å². The topological polar surface area (TPSA) is 67.8 Å². The number of nitrogens with zero attached hydrogens (tertiary/aromatic N) is 3. The molecule has 5 nitrogen and oxygen atoms in total. The van der Waals surface area contributed by atoms with Crippen LogP contribution in [-0.2, 0) is 0 Å². The van der Waals surface area contributed by atoms with Crippen LogP contribution in [0, 0.1) is 0 Å². The summed E-state index contributed by atoms with van der Waals surface area (Å²) in [4.78, 5) is 23.1. The van der Waals surface area contributed by atoms with E-state index < -0.39 is 0 Å². The molecule has 1 N–H and O–H groups in total. The van der Waals surface area contributed by atoms with Crippen molar-refractivity contribution in [3.8, 4) is 0 Å². The highest BCUT2D eigenvalue weighted by atomic mass is 35.5. The van der Waals surface area contributed by atoms with Gasteiger partial charge < -0.3 is 5.32 Å². The average Bonchev–Trinajstić information content (AvgIpc) is 2.30. The zero-order chi connectivity index (χ0) is 11.4. The van der Waals surface area contributed by atoms with Crippen LogP contribution >= 0.6 is 11.6 Å². The Morgan fingerprint density at radius 2 is 2.06 bits per heavy atom. The summed E-state index contributed by atoms with van der Waals surface area (Å²) < 4.78 is 0. The number of hydrogen-bond acceptors (Lipinski definition) is 4. The van der Waals surface area contributed by atoms with Gasteiger partial charge in [0, 0.05) is 11.8 Å². The third-order valence-corrected chi connectivity index (χ3v) is 2.01. The summed E-state index contributed by atoms with van der Waals surface area (Å²) in [6, 6.07) is 3.06. The minimum atomic E-state index is -0.279. The molecule has 0 aliphatic carbocycles. The number of rotatable bonds is 2. The predicted octanol–water partition coefficient (Wildman–Crippen LogP) is 1.78. The van der Waals surface area contributed by atoms with Crippen molar-refractivity contribution >= 4 is 23.2 Å². The van der Waals surface area contributed by atoms with Crippen LogP contribution in [0.25, 0.3) is 0 Å². The molecule has 0 atom stereocenters. The molecular formula is C10H7ClN4O. The largest absolute Gasteiger partial charge is 0.319 e. The van der Waals surface area contributed by atoms with Crippen LogP contribution in [0.15, 0.2) is 37.1 Å². The van der Waals surface area contributed by atoms with Gasteiger partial charge in [0.1, 0.15) is 11.5 Å². The van der Waals surface area contributed by atoms with Crippen molar-refractivity contribution in [3.63, 3.8) is 0 Å². The maximum absolute atomic E-state index is 11.7. The zero-order valence-electron chi connectivity index (χ0n) is 8.09. The SMILES string of the molecule is O=C(Nc1cncnc1)c1ccnc(Cl)c1. The molecule has 0 saturated heterocycles. The van der Waals surface area contributed by atoms with Crippen molar-refractivity contribution in [2.75, 3.05) is 5.32 Å². The van der Waals surface area contributed by atoms with E-state index in [2.05, 4.69) is 20.3 Å². The molecule has 80 valence electrons. The quantitative estimate of drug-likeness (QED) is 0.805. The Labute approximate surface area is 96.5 Å². The first kappa shape index (κ1) is 10.5. The Morgan fingerprint density at radius 1 is 1.31 bits per heavy atom. The maximum Gasteiger partial charge on any atom is 0.255 e. The van der Waals surface area contributed by atoms with Crippen molar-refractivity contribution in [3.05, 3.63) is 47.8 Å². The number of pyridine rings is 1. The number of carbonyl (C=O) groups is 1. The van der Waals surface area contributed by atoms with Gasteiger partial charge in [-0.3, -0.25) is 4.79 Å². The normalized spacial score (nSPS) is 9.81. The molecule has 2 heterocycles. The highest BCUT2D eigenvalue weighted by molar-refractivity contribution is 6.29. The molecule has 0 fully saturated rings. The van der Waals surface area contributed by atoms with Gasteiger partial charge in [-0.15, -0.1) is 0 Å². The van der Waals surface area contributed by atoms with Gasteiger partial charge in [0.25, 0.3) is 5.91 Å². The zero-order valence-corrected chi connectivity index (χ0v) is 8.85. The van der Waals surface area contributed by atoms with Crippen LogP contribution in [0.5, 0.6) is 0 Å². The van der Waals surface area contributed by atoms with Gasteiger partial charge >= 0.3 is 0 Å². The first-order valence-electron chi connectivity index (χ1n) is 4.43. The minimum absolute atomic E-state index is 0.275. The number of amides is 1. The molecule has 1 amide bonds. The van der Waals surface area contributed by atoms with E-state index in [-0.39, 0.29) is 11.1 Å². The number of hydrogen-bond donors (Lipinski definition) is 1. The van der Waals surface area contributed by atoms with Gasteiger partial charge in [0.15, 0.2) is 0 Å². The monoisotopic (exact) mass is 234 g/mol. The predicted molar refractivity (Wildman–Crippen MR) is 59.2 cm³/mol. The van der Waals surface area contributed by atoms with E-state index in [1.165, 1.54) is 31.0 Å². The first-order valence-corrected chi connectivity index (χ1v) is 4.81. The summed E-state index contributed by atoms with van der Waals surface area (Å²) in [5.74, 6) is -0.279. The van der Waals surface area contributed by atoms with Crippen molar-refractivity contribution < 1.29 is 4.79 Å². The fourth-order valence-corrected chi connectivity index (χ4v) is 1.28. The molecule has 0 bridgehead atoms. The van der Waals surface area contributed by atoms with Crippen LogP contribution in [-0.4, -0.2) is 20.9 Å². The number of halogens is 1. The summed E-state index contributed by atoms with van der Waals surface area (Å²) in [6.07, 6.45) is 5.87. The van der Waals surface area contributed by atoms with Crippen LogP contribution in [0.4, 0.5) is 5.69 Å². The minimum Gasteiger partial charge on any atom is -0.319 e. The van der Waals surface area contributed by atoms with E-state index in [1.807, 2.05) is 0 Å². The molecule has 0 aliphatic heterocycles. The number of anilines is 1. The first-order chi connectivity index (χ1) is 7.75. The van der Waals surface area contributed by atoms with Crippen molar-refractivity contribution in [1.82, 2.24) is 15.0 Å². The lowest BCUT2D eigenvalue weighted by Gasteiger charge is -2.03. The smallest absolute Gasteiger partial charge is 0.255 e. The molecular weight excluding hydrogens is 228 g/mol. The third kappa shape index (κ3) is 2.52. The Balaban J connectivity index is 2.15. The van der Waals surface area contributed by atoms with Gasteiger partial charge in [-0.25, -0.2) is 15.0 Å². The standard InChI is InChI=1S/C10H7ClN4O/c11-9-3-7(1-2-14-9)10(16)15-8-4-12-6-13-5-8/h1-6H,(H,15,16). The number of nitrogens with one attached hydrogen (secondary N) is 1. The molecule has 0 unspecified atom stereocenters. The maximum atomic E-state index is 11.7. The Kier molecular flexibility index (Phi) is 3.07. The lowest BCUT2D eigenvalue weighted by molar-refractivity contribution is 0.102. The molecule has 0 saturated carbocycles. The second-order valence-electron chi connectivity index (χ2n) is 2.95. The fourth-order valence-electron chi connectivity index (χ4n) is 1.11. The summed E-state index contributed by atoms with van der Waals surface area (Å²) >= 11 is 5.68. The van der Waals surface area contributed by atoms with Gasteiger partial charge in [-0.2, -0.15) is 0 Å². The highest BCUT2D eigenvalue weighted by Gasteiger charge is 2.06. The Bertz CT molecular complexity index is 503. The van der Waals surface area contributed by atoms with Crippen LogP contribution in [0.2, 0.25) is 5.15 Å². The van der Waals surface area contributed by atoms with Gasteiger partial charge in [0.2, 0.25) is 0 Å². The van der Waals surface area contributed by atoms with Crippen LogP contribution < -0.4 is 5.32 Å². The summed E-state index contributed by atoms with van der Waals surface area (Å²) in [6.45, 7) is 0. The molecule has 0 radical (unpaired) electrons. The lowest BCUT2D eigenvalue weighted by atomic mass is 10.2. The molecule has 0 aliphatic rings. The van der Waals surface area contributed by atoms with E-state index in [9.17, 15) is 4.79 Å². The second kappa shape index (κ2) is 4.67. The molecule has 16 heavy (non-hydrogen) atoms. The number of carbonyl (C=O) groups excluding carboxylic acids is 1. The Morgan fingerprint density at radius 3 is 2.75 bits per heavy atom. The Hall–Kier alpha value is -2.01. The van der Waals surface area contributed by atoms with Gasteiger partial charge in [-0.1, -0.05) is 11.6 Å². The summed E-state index contributed by atoms with van der Waals surface area (Å²) in [7, 11) is 0. The molecule has 0 aromatic carbocycles. The van der Waals surface area contributed by atoms with E-state index in [0.717, 1.165) is 0 Å². The van der Waals surface area contributed by atoms with E-state index in [4.69, 9.17) is 11.6 Å². The summed E-state index contributed by atoms with van der Waals surface area (Å²) in [5.41, 5.74) is 0.962. The second-order valence-corrected chi connectivity index (χ2v) is 3.34. The summed E-state index contributed by atoms with van der Waals surface area (Å²) in [5, 5.41) is 2.91. The molecule has 2 aromatic rings. The molecule has 6 heteroatoms. The van der Waals surface area contributed by atoms with E-state index in [1.54, 1.807) is 6.07 Å². The molecule has 0 spiro atoms. The van der Waals surface area contributed by atoms with Crippen molar-refractivity contribution in [2.45, 2.75) is 0 Å². The van der Waals surface area contributed by atoms with Crippen LogP contribution in [0.3, 0.4) is 0 Å². The number of aromatic nitrogens is 3. The van der Waals surface area contributed by atoms with Crippen molar-refractivity contribution in [1.29, 1.82) is 0 Å². The molecule has 2 aromatic heterocycles. The van der Waals surface area contributed by atoms with E-state index >= 15 is 0 Å². The van der Waals surface area contributed by atoms with Crippen molar-refractivity contribution in [2.24, 2.45) is 0 Å². The highest BCUT2D eigenvalue weighted by Crippen LogP contribution is 2.09. The molecule has 2 rings (SSSR count). The lowest BCUT2D eigenvalue weighted by Crippen LogP contribution is -2.12. The average molecular weight is 235 g/mol. The third-order valence-electron chi connectivity index (χ3n) is 1.81.